The molecule has 1 unspecified atom stereocenters. The number of aromatic nitrogens is 2. The molecule has 0 aromatic carbocycles. The quantitative estimate of drug-likeness (QED) is 0.699. The third-order valence-corrected chi connectivity index (χ3v) is 1.68. The molecule has 0 saturated heterocycles. The summed E-state index contributed by atoms with van der Waals surface area (Å²) >= 11 is 0. The van der Waals surface area contributed by atoms with Gasteiger partial charge < -0.3 is 4.98 Å². The van der Waals surface area contributed by atoms with Gasteiger partial charge in [-0.1, -0.05) is 6.92 Å². The molecule has 1 heterocycles. The summed E-state index contributed by atoms with van der Waals surface area (Å²) in [7, 11) is 0. The predicted octanol–water partition coefficient (Wildman–Crippen LogP) is 2.31. The van der Waals surface area contributed by atoms with Crippen LogP contribution < -0.4 is 0 Å². The fraction of sp³-hybridized carbons (Fsp3) is 0.625. The van der Waals surface area contributed by atoms with Crippen LogP contribution >= 0.6 is 0 Å². The highest BCUT2D eigenvalue weighted by molar-refractivity contribution is 5.15. The van der Waals surface area contributed by atoms with Crippen molar-refractivity contribution < 1.29 is 4.39 Å². The molecule has 1 aromatic heterocycles. The summed E-state index contributed by atoms with van der Waals surface area (Å²) in [5.41, 5.74) is 1.39. The van der Waals surface area contributed by atoms with Crippen LogP contribution in [-0.2, 0) is 6.42 Å². The van der Waals surface area contributed by atoms with Crippen molar-refractivity contribution in [3.8, 4) is 0 Å². The maximum Gasteiger partial charge on any atom is 0.141 e. The van der Waals surface area contributed by atoms with Crippen LogP contribution in [0.15, 0.2) is 0 Å². The molecule has 1 N–H and O–H groups in total. The smallest absolute Gasteiger partial charge is 0.141 e. The van der Waals surface area contributed by atoms with E-state index in [0.717, 1.165) is 17.9 Å². The van der Waals surface area contributed by atoms with Gasteiger partial charge in [0.15, 0.2) is 0 Å². The Hall–Kier alpha value is -0.860. The van der Waals surface area contributed by atoms with Crippen LogP contribution in [0.1, 0.15) is 37.2 Å². The molecule has 1 rings (SSSR count). The average Bonchev–Trinajstić information content (AvgIpc) is 2.30. The number of nitrogens with one attached hydrogen (secondary N) is 1. The molecule has 0 aliphatic carbocycles. The molecular weight excluding hydrogens is 143 g/mol. The number of hydrogen-bond donors (Lipinski definition) is 1. The van der Waals surface area contributed by atoms with E-state index in [2.05, 4.69) is 9.97 Å². The first-order valence-corrected chi connectivity index (χ1v) is 3.84. The third-order valence-electron chi connectivity index (χ3n) is 1.68. The van der Waals surface area contributed by atoms with Gasteiger partial charge in [-0.15, -0.1) is 0 Å². The lowest BCUT2D eigenvalue weighted by atomic mass is 10.3. The lowest BCUT2D eigenvalue weighted by Crippen LogP contribution is -1.88. The first-order chi connectivity index (χ1) is 5.15. The molecule has 11 heavy (non-hydrogen) atoms. The average molecular weight is 156 g/mol. The second-order valence-corrected chi connectivity index (χ2v) is 2.66. The summed E-state index contributed by atoms with van der Waals surface area (Å²) in [6.07, 6.45) is -0.139. The number of alkyl halides is 1. The van der Waals surface area contributed by atoms with Crippen LogP contribution in [0.5, 0.6) is 0 Å². The molecule has 0 aliphatic rings. The maximum absolute atomic E-state index is 12.8. The molecule has 0 saturated carbocycles. The van der Waals surface area contributed by atoms with Gasteiger partial charge in [0.25, 0.3) is 0 Å². The first-order valence-electron chi connectivity index (χ1n) is 3.84. The highest BCUT2D eigenvalue weighted by Gasteiger charge is 2.11. The number of halogens is 1. The van der Waals surface area contributed by atoms with E-state index in [1.54, 1.807) is 0 Å². The van der Waals surface area contributed by atoms with Crippen molar-refractivity contribution in [1.82, 2.24) is 9.97 Å². The molecule has 2 nitrogen and oxygen atoms in total. The van der Waals surface area contributed by atoms with Crippen LogP contribution in [-0.4, -0.2) is 9.97 Å². The second-order valence-electron chi connectivity index (χ2n) is 2.66. The Labute approximate surface area is 65.9 Å². The summed E-state index contributed by atoms with van der Waals surface area (Å²) in [5.74, 6) is 0.863. The summed E-state index contributed by atoms with van der Waals surface area (Å²) in [5, 5.41) is 0. The summed E-state index contributed by atoms with van der Waals surface area (Å²) in [6.45, 7) is 5.34. The minimum atomic E-state index is -0.966. The first kappa shape index (κ1) is 8.24. The molecule has 0 amide bonds. The van der Waals surface area contributed by atoms with Gasteiger partial charge in [0.05, 0.1) is 5.69 Å². The van der Waals surface area contributed by atoms with Gasteiger partial charge in [-0.05, 0) is 13.8 Å². The summed E-state index contributed by atoms with van der Waals surface area (Å²) < 4.78 is 12.8. The predicted molar refractivity (Wildman–Crippen MR) is 42.2 cm³/mol. The Balaban J connectivity index is 2.97. The lowest BCUT2D eigenvalue weighted by molar-refractivity contribution is 0.365. The molecule has 0 aliphatic heterocycles. The van der Waals surface area contributed by atoms with Gasteiger partial charge in [0, 0.05) is 12.1 Å². The topological polar surface area (TPSA) is 28.7 Å². The Morgan fingerprint density at radius 3 is 2.55 bits per heavy atom. The monoisotopic (exact) mass is 156 g/mol. The van der Waals surface area contributed by atoms with Gasteiger partial charge in [0.1, 0.15) is 12.0 Å². The lowest BCUT2D eigenvalue weighted by Gasteiger charge is -1.95. The maximum atomic E-state index is 12.8. The highest BCUT2D eigenvalue weighted by Crippen LogP contribution is 2.17. The molecule has 0 radical (unpaired) electrons. The minimum absolute atomic E-state index is 0.543. The van der Waals surface area contributed by atoms with E-state index in [9.17, 15) is 4.39 Å². The second kappa shape index (κ2) is 3.03. The molecule has 0 spiro atoms. The zero-order valence-corrected chi connectivity index (χ0v) is 7.11. The van der Waals surface area contributed by atoms with Gasteiger partial charge in [0.2, 0.25) is 0 Å². The molecule has 62 valence electrons. The van der Waals surface area contributed by atoms with E-state index in [1.807, 2.05) is 13.8 Å². The van der Waals surface area contributed by atoms with Crippen LogP contribution in [0.2, 0.25) is 0 Å². The number of rotatable bonds is 2. The van der Waals surface area contributed by atoms with Crippen molar-refractivity contribution >= 4 is 0 Å². The van der Waals surface area contributed by atoms with E-state index >= 15 is 0 Å². The van der Waals surface area contributed by atoms with Crippen molar-refractivity contribution in [1.29, 1.82) is 0 Å². The zero-order valence-electron chi connectivity index (χ0n) is 7.11. The number of H-pyrrole nitrogens is 1. The normalized spacial score (nSPS) is 13.5. The molecule has 1 aromatic rings. The van der Waals surface area contributed by atoms with Crippen LogP contribution in [0.25, 0.3) is 0 Å². The van der Waals surface area contributed by atoms with Gasteiger partial charge in [-0.3, -0.25) is 0 Å². The highest BCUT2D eigenvalue weighted by atomic mass is 19.1. The van der Waals surface area contributed by atoms with Gasteiger partial charge in [-0.25, -0.2) is 9.37 Å². The van der Waals surface area contributed by atoms with Crippen LogP contribution in [0, 0.1) is 6.92 Å². The number of imidazole rings is 1. The fourth-order valence-corrected chi connectivity index (χ4v) is 1.09. The van der Waals surface area contributed by atoms with Crippen molar-refractivity contribution in [3.63, 3.8) is 0 Å². The molecule has 1 atom stereocenters. The Morgan fingerprint density at radius 2 is 2.27 bits per heavy atom. The summed E-state index contributed by atoms with van der Waals surface area (Å²) in [4.78, 5) is 7.12. The van der Waals surface area contributed by atoms with Gasteiger partial charge >= 0.3 is 0 Å². The number of nitrogens with zero attached hydrogens (tertiary/aromatic N) is 1. The molecule has 0 fully saturated rings. The third kappa shape index (κ3) is 1.59. The zero-order chi connectivity index (χ0) is 8.43. The van der Waals surface area contributed by atoms with E-state index < -0.39 is 6.17 Å². The molecular formula is C8H13FN2. The Kier molecular flexibility index (Phi) is 2.27. The SMILES string of the molecule is CCc1nc(C(C)F)c(C)[nH]1. The number of aromatic amines is 1. The molecule has 3 heteroatoms. The minimum Gasteiger partial charge on any atom is -0.346 e. The largest absolute Gasteiger partial charge is 0.346 e. The van der Waals surface area contributed by atoms with Crippen molar-refractivity contribution in [2.24, 2.45) is 0 Å². The van der Waals surface area contributed by atoms with Crippen LogP contribution in [0.4, 0.5) is 4.39 Å². The van der Waals surface area contributed by atoms with Crippen molar-refractivity contribution in [2.75, 3.05) is 0 Å². The van der Waals surface area contributed by atoms with Crippen molar-refractivity contribution in [2.45, 2.75) is 33.4 Å². The standard InChI is InChI=1S/C8H13FN2/c1-4-7-10-6(3)8(11-7)5(2)9/h5H,4H2,1-3H3,(H,10,11). The van der Waals surface area contributed by atoms with E-state index in [4.69, 9.17) is 0 Å². The van der Waals surface area contributed by atoms with E-state index in [0.29, 0.717) is 5.69 Å². The van der Waals surface area contributed by atoms with Gasteiger partial charge in [-0.2, -0.15) is 0 Å². The summed E-state index contributed by atoms with van der Waals surface area (Å²) in [6, 6.07) is 0. The number of hydrogen-bond acceptors (Lipinski definition) is 1. The number of aryl methyl sites for hydroxylation is 2. The van der Waals surface area contributed by atoms with Crippen LogP contribution in [0.3, 0.4) is 0 Å². The van der Waals surface area contributed by atoms with Crippen molar-refractivity contribution in [3.05, 3.63) is 17.2 Å². The Bertz CT molecular complexity index is 240. The molecule has 0 bridgehead atoms. The van der Waals surface area contributed by atoms with E-state index in [1.165, 1.54) is 6.92 Å². The Morgan fingerprint density at radius 1 is 1.64 bits per heavy atom. The fourth-order valence-electron chi connectivity index (χ4n) is 1.09. The van der Waals surface area contributed by atoms with E-state index in [-0.39, 0.29) is 0 Å².